The predicted octanol–water partition coefficient (Wildman–Crippen LogP) is 4.14. The first-order chi connectivity index (χ1) is 14.8. The average Bonchev–Trinajstić information content (AvgIpc) is 3.18. The van der Waals surface area contributed by atoms with Crippen LogP contribution in [0.2, 0.25) is 5.02 Å². The summed E-state index contributed by atoms with van der Waals surface area (Å²) in [7, 11) is 0. The van der Waals surface area contributed by atoms with Crippen molar-refractivity contribution in [3.05, 3.63) is 41.3 Å². The molecule has 0 aromatic carbocycles. The largest absolute Gasteiger partial charge is 0.439 e. The number of H-pyrrole nitrogens is 1. The van der Waals surface area contributed by atoms with E-state index in [1.165, 1.54) is 0 Å². The van der Waals surface area contributed by atoms with E-state index in [1.807, 2.05) is 6.08 Å². The van der Waals surface area contributed by atoms with Gasteiger partial charge in [-0.2, -0.15) is 0 Å². The summed E-state index contributed by atoms with van der Waals surface area (Å²) in [5.74, 6) is 1.27. The molecule has 3 heterocycles. The summed E-state index contributed by atoms with van der Waals surface area (Å²) in [5.41, 5.74) is 1.95. The van der Waals surface area contributed by atoms with Crippen LogP contribution in [-0.4, -0.2) is 50.8 Å². The van der Waals surface area contributed by atoms with E-state index in [0.717, 1.165) is 37.1 Å². The monoisotopic (exact) mass is 442 g/mol. The molecule has 2 N–H and O–H groups in total. The fraction of sp³-hybridized carbons (Fsp3) is 0.455. The molecule has 2 aliphatic rings. The summed E-state index contributed by atoms with van der Waals surface area (Å²) < 4.78 is 5.38. The molecular formula is C22H27ClN6O2. The molecule has 1 saturated heterocycles. The molecular weight excluding hydrogens is 416 g/mol. The van der Waals surface area contributed by atoms with Gasteiger partial charge >= 0.3 is 6.09 Å². The number of piperidine rings is 1. The Bertz CT molecular complexity index is 1010. The summed E-state index contributed by atoms with van der Waals surface area (Å²) in [4.78, 5) is 31.3. The van der Waals surface area contributed by atoms with Crippen LogP contribution in [0.3, 0.4) is 0 Å². The number of allylic oxidation sites excluding steroid dienone is 1. The number of carbonyl (C=O) groups excluding carboxylic acids is 1. The molecule has 2 aromatic heterocycles. The number of nitrogens with one attached hydrogen (secondary N) is 2. The first-order valence-electron chi connectivity index (χ1n) is 10.5. The van der Waals surface area contributed by atoms with Gasteiger partial charge in [-0.1, -0.05) is 24.3 Å². The second-order valence-electron chi connectivity index (χ2n) is 8.36. The van der Waals surface area contributed by atoms with Crippen LogP contribution in [-0.2, 0) is 11.2 Å². The maximum Gasteiger partial charge on any atom is 0.408 e. The maximum atomic E-state index is 12.1. The highest BCUT2D eigenvalue weighted by Gasteiger charge is 2.26. The van der Waals surface area contributed by atoms with Crippen molar-refractivity contribution in [3.8, 4) is 11.5 Å². The number of hydrogen-bond acceptors (Lipinski definition) is 6. The Morgan fingerprint density at radius 2 is 2.16 bits per heavy atom. The SMILES string of the molecule is C=CC(C)(C)OC(=O)NC1CCN(c2ncc(Cl)c(-c3nc4c([nH]3)CCC=C4)n2)CC1. The lowest BCUT2D eigenvalue weighted by Gasteiger charge is -2.33. The topological polar surface area (TPSA) is 96.0 Å². The molecule has 0 bridgehead atoms. The Hall–Kier alpha value is -2.87. The van der Waals surface area contributed by atoms with Gasteiger partial charge in [-0.3, -0.25) is 0 Å². The number of fused-ring (bicyclic) bond motifs is 1. The maximum absolute atomic E-state index is 12.1. The Balaban J connectivity index is 1.41. The van der Waals surface area contributed by atoms with E-state index < -0.39 is 11.7 Å². The molecule has 1 amide bonds. The van der Waals surface area contributed by atoms with Gasteiger partial charge in [-0.15, -0.1) is 0 Å². The molecule has 0 saturated carbocycles. The third-order valence-corrected chi connectivity index (χ3v) is 5.83. The molecule has 1 fully saturated rings. The van der Waals surface area contributed by atoms with Crippen molar-refractivity contribution < 1.29 is 9.53 Å². The number of imidazole rings is 1. The molecule has 0 unspecified atom stereocenters. The number of amides is 1. The van der Waals surface area contributed by atoms with Gasteiger partial charge in [0.15, 0.2) is 5.82 Å². The minimum Gasteiger partial charge on any atom is -0.439 e. The van der Waals surface area contributed by atoms with Gasteiger partial charge < -0.3 is 19.9 Å². The summed E-state index contributed by atoms with van der Waals surface area (Å²) >= 11 is 6.39. The van der Waals surface area contributed by atoms with Gasteiger partial charge in [0.1, 0.15) is 11.3 Å². The zero-order valence-corrected chi connectivity index (χ0v) is 18.6. The number of aryl methyl sites for hydroxylation is 1. The van der Waals surface area contributed by atoms with Crippen LogP contribution in [0.4, 0.5) is 10.7 Å². The quantitative estimate of drug-likeness (QED) is 0.675. The molecule has 9 heteroatoms. The molecule has 4 rings (SSSR count). The number of aromatic nitrogens is 4. The minimum atomic E-state index is -0.695. The number of ether oxygens (including phenoxy) is 1. The molecule has 164 valence electrons. The number of carbonyl (C=O) groups is 1. The van der Waals surface area contributed by atoms with Crippen LogP contribution in [0, 0.1) is 0 Å². The zero-order chi connectivity index (χ0) is 22.0. The molecule has 0 spiro atoms. The number of rotatable bonds is 5. The second kappa shape index (κ2) is 8.70. The molecule has 2 aromatic rings. The number of hydrogen-bond donors (Lipinski definition) is 2. The standard InChI is InChI=1S/C22H27ClN6O2/c1-4-22(2,3)31-21(30)25-14-9-11-29(12-10-14)20-24-13-15(23)18(28-20)19-26-16-7-5-6-8-17(16)27-19/h4-5,7,13-14H,1,6,8-12H2,2-3H3,(H,25,30)(H,26,27). The van der Waals surface area contributed by atoms with Crippen LogP contribution in [0.5, 0.6) is 0 Å². The molecule has 0 atom stereocenters. The first kappa shape index (κ1) is 21.4. The Morgan fingerprint density at radius 3 is 2.87 bits per heavy atom. The number of halogens is 1. The highest BCUT2D eigenvalue weighted by atomic mass is 35.5. The van der Waals surface area contributed by atoms with Crippen molar-refractivity contribution in [2.45, 2.75) is 51.2 Å². The van der Waals surface area contributed by atoms with E-state index >= 15 is 0 Å². The molecule has 1 aliphatic carbocycles. The fourth-order valence-electron chi connectivity index (χ4n) is 3.66. The van der Waals surface area contributed by atoms with Crippen molar-refractivity contribution >= 4 is 29.7 Å². The van der Waals surface area contributed by atoms with Gasteiger partial charge in [-0.25, -0.2) is 19.7 Å². The third kappa shape index (κ3) is 4.90. The molecule has 31 heavy (non-hydrogen) atoms. The van der Waals surface area contributed by atoms with Crippen LogP contribution in [0.25, 0.3) is 17.6 Å². The fourth-order valence-corrected chi connectivity index (χ4v) is 3.84. The summed E-state index contributed by atoms with van der Waals surface area (Å²) in [6, 6.07) is 0.0414. The van der Waals surface area contributed by atoms with E-state index in [1.54, 1.807) is 26.1 Å². The van der Waals surface area contributed by atoms with Crippen LogP contribution in [0.1, 0.15) is 44.5 Å². The Morgan fingerprint density at radius 1 is 1.39 bits per heavy atom. The first-order valence-corrected chi connectivity index (χ1v) is 10.9. The number of aromatic amines is 1. The lowest BCUT2D eigenvalue weighted by Crippen LogP contribution is -2.46. The van der Waals surface area contributed by atoms with Gasteiger partial charge in [0.25, 0.3) is 0 Å². The van der Waals surface area contributed by atoms with Crippen molar-refractivity contribution in [2.75, 3.05) is 18.0 Å². The second-order valence-corrected chi connectivity index (χ2v) is 8.77. The van der Waals surface area contributed by atoms with E-state index in [9.17, 15) is 4.79 Å². The predicted molar refractivity (Wildman–Crippen MR) is 121 cm³/mol. The molecule has 0 radical (unpaired) electrons. The number of nitrogens with zero attached hydrogens (tertiary/aromatic N) is 4. The highest BCUT2D eigenvalue weighted by molar-refractivity contribution is 6.32. The summed E-state index contributed by atoms with van der Waals surface area (Å²) in [6.07, 6.45) is 10.4. The van der Waals surface area contributed by atoms with E-state index in [2.05, 4.69) is 37.8 Å². The van der Waals surface area contributed by atoms with Crippen molar-refractivity contribution in [3.63, 3.8) is 0 Å². The normalized spacial score (nSPS) is 16.7. The molecule has 1 aliphatic heterocycles. The van der Waals surface area contributed by atoms with E-state index in [0.29, 0.717) is 35.6 Å². The Labute approximate surface area is 186 Å². The van der Waals surface area contributed by atoms with E-state index in [-0.39, 0.29) is 6.04 Å². The van der Waals surface area contributed by atoms with Crippen molar-refractivity contribution in [1.82, 2.24) is 25.3 Å². The summed E-state index contributed by atoms with van der Waals surface area (Å²) in [6.45, 7) is 8.71. The molecule has 8 nitrogen and oxygen atoms in total. The van der Waals surface area contributed by atoms with Crippen LogP contribution >= 0.6 is 11.6 Å². The van der Waals surface area contributed by atoms with Gasteiger partial charge in [0, 0.05) is 24.8 Å². The van der Waals surface area contributed by atoms with E-state index in [4.69, 9.17) is 21.3 Å². The third-order valence-electron chi connectivity index (χ3n) is 5.55. The van der Waals surface area contributed by atoms with Gasteiger partial charge in [0.05, 0.1) is 16.9 Å². The highest BCUT2D eigenvalue weighted by Crippen LogP contribution is 2.28. The van der Waals surface area contributed by atoms with Crippen LogP contribution < -0.4 is 10.2 Å². The van der Waals surface area contributed by atoms with Crippen LogP contribution in [0.15, 0.2) is 24.9 Å². The number of anilines is 1. The van der Waals surface area contributed by atoms with Gasteiger partial charge in [-0.05, 0) is 51.7 Å². The zero-order valence-electron chi connectivity index (χ0n) is 17.8. The lowest BCUT2D eigenvalue weighted by atomic mass is 10.1. The smallest absolute Gasteiger partial charge is 0.408 e. The summed E-state index contributed by atoms with van der Waals surface area (Å²) in [5, 5.41) is 3.40. The van der Waals surface area contributed by atoms with Crippen molar-refractivity contribution in [1.29, 1.82) is 0 Å². The Kier molecular flexibility index (Phi) is 6.00. The van der Waals surface area contributed by atoms with Gasteiger partial charge in [0.2, 0.25) is 5.95 Å². The van der Waals surface area contributed by atoms with Crippen molar-refractivity contribution in [2.24, 2.45) is 0 Å². The minimum absolute atomic E-state index is 0.0414. The lowest BCUT2D eigenvalue weighted by molar-refractivity contribution is 0.0688. The average molecular weight is 443 g/mol. The number of alkyl carbamates (subject to hydrolysis) is 1.